The van der Waals surface area contributed by atoms with Crippen molar-refractivity contribution in [3.63, 3.8) is 0 Å². The zero-order valence-electron chi connectivity index (χ0n) is 9.25. The molecule has 0 heterocycles. The predicted molar refractivity (Wildman–Crippen MR) is 58.3 cm³/mol. The second-order valence-electron chi connectivity index (χ2n) is 3.42. The molecule has 0 aliphatic rings. The second-order valence-corrected chi connectivity index (χ2v) is 5.68. The zero-order chi connectivity index (χ0) is 11.0. The van der Waals surface area contributed by atoms with Gasteiger partial charge in [0.15, 0.2) is 0 Å². The van der Waals surface area contributed by atoms with Crippen LogP contribution in [-0.2, 0) is 14.6 Å². The minimum absolute atomic E-state index is 0.261. The van der Waals surface area contributed by atoms with Gasteiger partial charge in [0.25, 0.3) is 0 Å². The molecular weight excluding hydrogens is 202 g/mol. The highest BCUT2D eigenvalue weighted by molar-refractivity contribution is 7.90. The lowest BCUT2D eigenvalue weighted by Crippen LogP contribution is -2.30. The Morgan fingerprint density at radius 1 is 1.43 bits per heavy atom. The average Bonchev–Trinajstić information content (AvgIpc) is 2.09. The Balaban J connectivity index is 3.62. The van der Waals surface area contributed by atoms with Gasteiger partial charge in [-0.2, -0.15) is 0 Å². The Kier molecular flexibility index (Phi) is 7.13. The van der Waals surface area contributed by atoms with Crippen molar-refractivity contribution in [3.8, 4) is 0 Å². The largest absolute Gasteiger partial charge is 0.380 e. The highest BCUT2D eigenvalue weighted by Crippen LogP contribution is 2.00. The normalized spacial score (nSPS) is 14.2. The van der Waals surface area contributed by atoms with E-state index in [2.05, 4.69) is 5.32 Å². The summed E-state index contributed by atoms with van der Waals surface area (Å²) in [6, 6.07) is 0.261. The van der Waals surface area contributed by atoms with Crippen molar-refractivity contribution in [2.75, 3.05) is 32.3 Å². The molecule has 14 heavy (non-hydrogen) atoms. The molecule has 0 radical (unpaired) electrons. The molecule has 0 aromatic heterocycles. The van der Waals surface area contributed by atoms with Crippen molar-refractivity contribution < 1.29 is 13.2 Å². The van der Waals surface area contributed by atoms with Crippen LogP contribution in [0.1, 0.15) is 19.8 Å². The van der Waals surface area contributed by atoms with Crippen LogP contribution in [0.4, 0.5) is 0 Å². The molecule has 5 heteroatoms. The molecule has 86 valence electrons. The molecule has 4 nitrogen and oxygen atoms in total. The van der Waals surface area contributed by atoms with E-state index in [4.69, 9.17) is 4.74 Å². The molecule has 0 fully saturated rings. The standard InChI is InChI=1S/C9H21NO3S/c1-4-13-8-9(10-2)6-5-7-14(3,11)12/h9-10H,4-8H2,1-3H3. The first kappa shape index (κ1) is 13.9. The molecule has 1 N–H and O–H groups in total. The van der Waals surface area contributed by atoms with E-state index in [9.17, 15) is 8.42 Å². The maximum absolute atomic E-state index is 10.9. The van der Waals surface area contributed by atoms with Crippen molar-refractivity contribution in [1.29, 1.82) is 0 Å². The van der Waals surface area contributed by atoms with Crippen LogP contribution < -0.4 is 5.32 Å². The molecule has 0 spiro atoms. The third-order valence-corrected chi connectivity index (χ3v) is 3.03. The highest BCUT2D eigenvalue weighted by Gasteiger charge is 2.08. The lowest BCUT2D eigenvalue weighted by Gasteiger charge is -2.15. The van der Waals surface area contributed by atoms with Crippen LogP contribution in [-0.4, -0.2) is 46.7 Å². The van der Waals surface area contributed by atoms with Crippen LogP contribution in [0, 0.1) is 0 Å². The van der Waals surface area contributed by atoms with Crippen LogP contribution in [0.15, 0.2) is 0 Å². The van der Waals surface area contributed by atoms with Crippen molar-refractivity contribution in [3.05, 3.63) is 0 Å². The van der Waals surface area contributed by atoms with Crippen molar-refractivity contribution in [1.82, 2.24) is 5.32 Å². The summed E-state index contributed by atoms with van der Waals surface area (Å²) in [7, 11) is -0.952. The van der Waals surface area contributed by atoms with Crippen molar-refractivity contribution in [2.45, 2.75) is 25.8 Å². The fourth-order valence-corrected chi connectivity index (χ4v) is 1.85. The molecule has 0 aliphatic heterocycles. The Labute approximate surface area is 86.9 Å². The highest BCUT2D eigenvalue weighted by atomic mass is 32.2. The van der Waals surface area contributed by atoms with Gasteiger partial charge in [0.05, 0.1) is 6.61 Å². The van der Waals surface area contributed by atoms with Gasteiger partial charge in [-0.1, -0.05) is 0 Å². The van der Waals surface area contributed by atoms with Crippen molar-refractivity contribution in [2.24, 2.45) is 0 Å². The minimum Gasteiger partial charge on any atom is -0.380 e. The van der Waals surface area contributed by atoms with Crippen LogP contribution >= 0.6 is 0 Å². The summed E-state index contributed by atoms with van der Waals surface area (Å²) in [5.74, 6) is 0.261. The van der Waals surface area contributed by atoms with E-state index in [1.807, 2.05) is 14.0 Å². The van der Waals surface area contributed by atoms with Gasteiger partial charge < -0.3 is 10.1 Å². The molecule has 0 aromatic carbocycles. The summed E-state index contributed by atoms with van der Waals surface area (Å²) < 4.78 is 27.0. The average molecular weight is 223 g/mol. The number of ether oxygens (including phenoxy) is 1. The van der Waals surface area contributed by atoms with Gasteiger partial charge in [-0.15, -0.1) is 0 Å². The van der Waals surface area contributed by atoms with E-state index >= 15 is 0 Å². The van der Waals surface area contributed by atoms with E-state index in [1.165, 1.54) is 6.26 Å². The van der Waals surface area contributed by atoms with Gasteiger partial charge in [0, 0.05) is 24.7 Å². The number of rotatable bonds is 8. The SMILES string of the molecule is CCOCC(CCCS(C)(=O)=O)NC. The molecule has 0 bridgehead atoms. The summed E-state index contributed by atoms with van der Waals surface area (Å²) in [4.78, 5) is 0. The van der Waals surface area contributed by atoms with Crippen LogP contribution in [0.25, 0.3) is 0 Å². The van der Waals surface area contributed by atoms with Crippen LogP contribution in [0.5, 0.6) is 0 Å². The number of sulfone groups is 1. The molecular formula is C9H21NO3S. The smallest absolute Gasteiger partial charge is 0.147 e. The van der Waals surface area contributed by atoms with Crippen LogP contribution in [0.3, 0.4) is 0 Å². The molecule has 1 unspecified atom stereocenters. The summed E-state index contributed by atoms with van der Waals surface area (Å²) in [6.45, 7) is 3.30. The Bertz CT molecular complexity index is 226. The first-order valence-corrected chi connectivity index (χ1v) is 6.98. The van der Waals surface area contributed by atoms with Crippen molar-refractivity contribution >= 4 is 9.84 Å². The third-order valence-electron chi connectivity index (χ3n) is 2.00. The zero-order valence-corrected chi connectivity index (χ0v) is 10.1. The third kappa shape index (κ3) is 8.47. The lowest BCUT2D eigenvalue weighted by molar-refractivity contribution is 0.122. The minimum atomic E-state index is -2.82. The topological polar surface area (TPSA) is 55.4 Å². The lowest BCUT2D eigenvalue weighted by atomic mass is 10.2. The molecule has 0 saturated heterocycles. The summed E-state index contributed by atoms with van der Waals surface area (Å²) in [5, 5.41) is 3.10. The van der Waals surface area contributed by atoms with Crippen LogP contribution in [0.2, 0.25) is 0 Å². The van der Waals surface area contributed by atoms with Gasteiger partial charge in [-0.3, -0.25) is 0 Å². The number of hydrogen-bond donors (Lipinski definition) is 1. The number of likely N-dealkylation sites (N-methyl/N-ethyl adjacent to an activating group) is 1. The molecule has 0 saturated carbocycles. The monoisotopic (exact) mass is 223 g/mol. The summed E-state index contributed by atoms with van der Waals surface area (Å²) >= 11 is 0. The predicted octanol–water partition coefficient (Wildman–Crippen LogP) is 0.436. The van der Waals surface area contributed by atoms with Gasteiger partial charge in [0.2, 0.25) is 0 Å². The maximum atomic E-state index is 10.9. The first-order valence-electron chi connectivity index (χ1n) is 4.92. The molecule has 0 aliphatic carbocycles. The number of nitrogens with one attached hydrogen (secondary N) is 1. The molecule has 0 rings (SSSR count). The Morgan fingerprint density at radius 2 is 2.07 bits per heavy atom. The van der Waals surface area contributed by atoms with Gasteiger partial charge in [0.1, 0.15) is 9.84 Å². The fourth-order valence-electron chi connectivity index (χ4n) is 1.16. The van der Waals surface area contributed by atoms with Gasteiger partial charge in [-0.05, 0) is 26.8 Å². The first-order chi connectivity index (χ1) is 6.49. The van der Waals surface area contributed by atoms with E-state index < -0.39 is 9.84 Å². The molecule has 0 aromatic rings. The Morgan fingerprint density at radius 3 is 2.50 bits per heavy atom. The number of hydrogen-bond acceptors (Lipinski definition) is 4. The maximum Gasteiger partial charge on any atom is 0.147 e. The second kappa shape index (κ2) is 7.20. The van der Waals surface area contributed by atoms with Gasteiger partial charge in [-0.25, -0.2) is 8.42 Å². The van der Waals surface area contributed by atoms with E-state index in [-0.39, 0.29) is 11.8 Å². The summed E-state index contributed by atoms with van der Waals surface area (Å²) in [5.41, 5.74) is 0. The molecule has 0 amide bonds. The fraction of sp³-hybridized carbons (Fsp3) is 1.00. The van der Waals surface area contributed by atoms with Gasteiger partial charge >= 0.3 is 0 Å². The summed E-state index contributed by atoms with van der Waals surface area (Å²) in [6.07, 6.45) is 2.80. The quantitative estimate of drug-likeness (QED) is 0.648. The van der Waals surface area contributed by atoms with E-state index in [0.717, 1.165) is 6.42 Å². The molecule has 1 atom stereocenters. The Hall–Kier alpha value is -0.130. The van der Waals surface area contributed by atoms with E-state index in [1.54, 1.807) is 0 Å². The van der Waals surface area contributed by atoms with E-state index in [0.29, 0.717) is 19.6 Å².